The third-order valence-electron chi connectivity index (χ3n) is 1.08. The van der Waals surface area contributed by atoms with E-state index in [0.29, 0.717) is 4.88 Å². The Kier molecular flexibility index (Phi) is 2.86. The summed E-state index contributed by atoms with van der Waals surface area (Å²) < 4.78 is 0. The molecule has 0 aliphatic rings. The van der Waals surface area contributed by atoms with Gasteiger partial charge >= 0.3 is 0 Å². The van der Waals surface area contributed by atoms with Crippen molar-refractivity contribution in [1.82, 2.24) is 5.32 Å². The van der Waals surface area contributed by atoms with Crippen molar-refractivity contribution in [1.29, 1.82) is 0 Å². The number of thiophene rings is 1. The largest absolute Gasteiger partial charge is 0.343 e. The Labute approximate surface area is 69.6 Å². The van der Waals surface area contributed by atoms with Crippen molar-refractivity contribution in [2.75, 3.05) is 0 Å². The summed E-state index contributed by atoms with van der Waals surface area (Å²) in [6, 6.07) is 3.62. The highest BCUT2D eigenvalue weighted by molar-refractivity contribution is 7.12. The van der Waals surface area contributed by atoms with Crippen LogP contribution in [-0.2, 0) is 0 Å². The summed E-state index contributed by atoms with van der Waals surface area (Å²) in [6.07, 6.45) is 1.53. The lowest BCUT2D eigenvalue weighted by molar-refractivity contribution is 0.0970. The highest BCUT2D eigenvalue weighted by Gasteiger charge is 2.02. The van der Waals surface area contributed by atoms with E-state index in [1.807, 2.05) is 11.4 Å². The number of amides is 1. The van der Waals surface area contributed by atoms with Gasteiger partial charge in [-0.2, -0.15) is 0 Å². The zero-order valence-corrected chi connectivity index (χ0v) is 6.73. The molecule has 11 heavy (non-hydrogen) atoms. The predicted octanol–water partition coefficient (Wildman–Crippen LogP) is 1.83. The molecular formula is C8H8NOS. The monoisotopic (exact) mass is 166 g/mol. The van der Waals surface area contributed by atoms with Gasteiger partial charge in [0.05, 0.1) is 11.4 Å². The van der Waals surface area contributed by atoms with Gasteiger partial charge in [-0.1, -0.05) is 12.1 Å². The summed E-state index contributed by atoms with van der Waals surface area (Å²) in [5.74, 6) is -0.0834. The van der Waals surface area contributed by atoms with E-state index in [0.717, 1.165) is 0 Å². The van der Waals surface area contributed by atoms with Gasteiger partial charge in [-0.05, 0) is 11.4 Å². The SMILES string of the molecule is C=C[CH]NC(=O)c1cccs1. The Morgan fingerprint density at radius 2 is 2.55 bits per heavy atom. The smallest absolute Gasteiger partial charge is 0.261 e. The molecule has 0 saturated heterocycles. The first-order chi connectivity index (χ1) is 5.34. The average molecular weight is 166 g/mol. The molecule has 0 unspecified atom stereocenters. The van der Waals surface area contributed by atoms with Gasteiger partial charge in [-0.25, -0.2) is 0 Å². The van der Waals surface area contributed by atoms with Crippen LogP contribution in [0.15, 0.2) is 30.2 Å². The van der Waals surface area contributed by atoms with Gasteiger partial charge in [-0.3, -0.25) is 4.79 Å². The van der Waals surface area contributed by atoms with E-state index in [1.165, 1.54) is 24.0 Å². The van der Waals surface area contributed by atoms with Gasteiger partial charge in [0.15, 0.2) is 0 Å². The van der Waals surface area contributed by atoms with Crippen molar-refractivity contribution in [3.05, 3.63) is 41.6 Å². The lowest BCUT2D eigenvalue weighted by atomic mass is 10.4. The lowest BCUT2D eigenvalue weighted by Gasteiger charge is -1.96. The minimum absolute atomic E-state index is 0.0834. The Hall–Kier alpha value is -1.09. The summed E-state index contributed by atoms with van der Waals surface area (Å²) in [7, 11) is 0. The molecule has 1 N–H and O–H groups in total. The van der Waals surface area contributed by atoms with Crippen LogP contribution in [0.4, 0.5) is 0 Å². The fraction of sp³-hybridized carbons (Fsp3) is 0. The molecule has 0 bridgehead atoms. The summed E-state index contributed by atoms with van der Waals surface area (Å²) in [6.45, 7) is 4.96. The Morgan fingerprint density at radius 1 is 1.73 bits per heavy atom. The average Bonchev–Trinajstić information content (AvgIpc) is 2.52. The lowest BCUT2D eigenvalue weighted by Crippen LogP contribution is -2.17. The Balaban J connectivity index is 2.49. The van der Waals surface area contributed by atoms with Crippen LogP contribution in [0.2, 0.25) is 0 Å². The molecule has 0 aliphatic heterocycles. The Morgan fingerprint density at radius 3 is 3.09 bits per heavy atom. The second-order valence-electron chi connectivity index (χ2n) is 1.85. The maximum absolute atomic E-state index is 11.1. The zero-order valence-electron chi connectivity index (χ0n) is 5.91. The van der Waals surface area contributed by atoms with Crippen LogP contribution in [-0.4, -0.2) is 5.91 Å². The molecule has 0 fully saturated rings. The molecule has 0 aliphatic carbocycles. The van der Waals surface area contributed by atoms with E-state index in [4.69, 9.17) is 0 Å². The number of hydrogen-bond donors (Lipinski definition) is 1. The van der Waals surface area contributed by atoms with Crippen molar-refractivity contribution >= 4 is 17.2 Å². The first-order valence-electron chi connectivity index (χ1n) is 3.13. The van der Waals surface area contributed by atoms with E-state index < -0.39 is 0 Å². The second kappa shape index (κ2) is 3.93. The van der Waals surface area contributed by atoms with Gasteiger partial charge in [0.2, 0.25) is 0 Å². The summed E-state index contributed by atoms with van der Waals surface area (Å²) in [4.78, 5) is 11.8. The molecule has 1 aromatic heterocycles. The summed E-state index contributed by atoms with van der Waals surface area (Å²) >= 11 is 1.42. The van der Waals surface area contributed by atoms with E-state index in [-0.39, 0.29) is 5.91 Å². The summed E-state index contributed by atoms with van der Waals surface area (Å²) in [5.41, 5.74) is 0. The van der Waals surface area contributed by atoms with Crippen LogP contribution < -0.4 is 5.32 Å². The van der Waals surface area contributed by atoms with Crippen LogP contribution in [0, 0.1) is 6.54 Å². The first-order valence-corrected chi connectivity index (χ1v) is 4.01. The maximum Gasteiger partial charge on any atom is 0.261 e. The fourth-order valence-electron chi connectivity index (χ4n) is 0.614. The van der Waals surface area contributed by atoms with E-state index in [9.17, 15) is 4.79 Å². The van der Waals surface area contributed by atoms with E-state index in [1.54, 1.807) is 6.07 Å². The number of rotatable bonds is 3. The molecule has 0 aromatic carbocycles. The maximum atomic E-state index is 11.1. The molecule has 1 rings (SSSR count). The molecule has 1 heterocycles. The van der Waals surface area contributed by atoms with E-state index in [2.05, 4.69) is 11.9 Å². The minimum Gasteiger partial charge on any atom is -0.343 e. The molecule has 1 radical (unpaired) electrons. The Bertz CT molecular complexity index is 241. The van der Waals surface area contributed by atoms with Crippen molar-refractivity contribution in [3.8, 4) is 0 Å². The molecule has 1 aromatic rings. The molecular weight excluding hydrogens is 158 g/mol. The summed E-state index contributed by atoms with van der Waals surface area (Å²) in [5, 5.41) is 4.43. The van der Waals surface area contributed by atoms with Crippen molar-refractivity contribution < 1.29 is 4.79 Å². The second-order valence-corrected chi connectivity index (χ2v) is 2.80. The fourth-order valence-corrected chi connectivity index (χ4v) is 1.24. The highest BCUT2D eigenvalue weighted by Crippen LogP contribution is 2.07. The van der Waals surface area contributed by atoms with Gasteiger partial charge in [0.1, 0.15) is 0 Å². The first kappa shape index (κ1) is 8.01. The molecule has 2 nitrogen and oxygen atoms in total. The van der Waals surface area contributed by atoms with Crippen LogP contribution in [0.3, 0.4) is 0 Å². The normalized spacial score (nSPS) is 9.09. The minimum atomic E-state index is -0.0834. The quantitative estimate of drug-likeness (QED) is 0.729. The standard InChI is InChI=1S/C8H8NOS/c1-2-5-9-8(10)7-4-3-6-11-7/h2-6H,1H2,(H,9,10). The molecule has 1 amide bonds. The van der Waals surface area contributed by atoms with Crippen LogP contribution in [0.5, 0.6) is 0 Å². The third-order valence-corrected chi connectivity index (χ3v) is 1.95. The van der Waals surface area contributed by atoms with Crippen LogP contribution in [0.1, 0.15) is 9.67 Å². The third kappa shape index (κ3) is 2.20. The number of carbonyl (C=O) groups excluding carboxylic acids is 1. The van der Waals surface area contributed by atoms with Crippen molar-refractivity contribution in [2.24, 2.45) is 0 Å². The van der Waals surface area contributed by atoms with Crippen molar-refractivity contribution in [2.45, 2.75) is 0 Å². The molecule has 0 saturated carbocycles. The van der Waals surface area contributed by atoms with Gasteiger partial charge in [0.25, 0.3) is 5.91 Å². The predicted molar refractivity (Wildman–Crippen MR) is 46.3 cm³/mol. The number of hydrogen-bond acceptors (Lipinski definition) is 2. The van der Waals surface area contributed by atoms with Crippen LogP contribution >= 0.6 is 11.3 Å². The van der Waals surface area contributed by atoms with Gasteiger partial charge in [0, 0.05) is 0 Å². The number of nitrogens with one attached hydrogen (secondary N) is 1. The van der Waals surface area contributed by atoms with Crippen LogP contribution in [0.25, 0.3) is 0 Å². The zero-order chi connectivity index (χ0) is 8.10. The van der Waals surface area contributed by atoms with Crippen molar-refractivity contribution in [3.63, 3.8) is 0 Å². The molecule has 0 spiro atoms. The van der Waals surface area contributed by atoms with Gasteiger partial charge < -0.3 is 5.32 Å². The molecule has 3 heteroatoms. The number of carbonyl (C=O) groups is 1. The molecule has 0 atom stereocenters. The molecule has 57 valence electrons. The topological polar surface area (TPSA) is 29.1 Å². The highest BCUT2D eigenvalue weighted by atomic mass is 32.1. The van der Waals surface area contributed by atoms with Gasteiger partial charge in [-0.15, -0.1) is 17.9 Å². The van der Waals surface area contributed by atoms with E-state index >= 15 is 0 Å².